The Bertz CT molecular complexity index is 956. The number of anilines is 1. The Kier molecular flexibility index (Phi) is 5.10. The molecule has 4 rings (SSSR count). The van der Waals surface area contributed by atoms with E-state index in [4.69, 9.17) is 9.47 Å². The number of aliphatic hydroxyl groups is 1. The highest BCUT2D eigenvalue weighted by molar-refractivity contribution is 5.44. The summed E-state index contributed by atoms with van der Waals surface area (Å²) in [5.41, 5.74) is 1.93. The molecule has 0 amide bonds. The van der Waals surface area contributed by atoms with Crippen LogP contribution < -0.4 is 14.4 Å². The van der Waals surface area contributed by atoms with Gasteiger partial charge in [-0.15, -0.1) is 0 Å². The van der Waals surface area contributed by atoms with E-state index in [1.54, 1.807) is 25.0 Å². The van der Waals surface area contributed by atoms with E-state index in [2.05, 4.69) is 20.4 Å². The summed E-state index contributed by atoms with van der Waals surface area (Å²) in [4.78, 5) is 2.10. The highest BCUT2D eigenvalue weighted by atomic mass is 16.5. The van der Waals surface area contributed by atoms with Crippen molar-refractivity contribution in [2.24, 2.45) is 0 Å². The van der Waals surface area contributed by atoms with Crippen LogP contribution in [0.1, 0.15) is 24.0 Å². The minimum Gasteiger partial charge on any atom is -0.497 e. The molecular formula is C21H25N5O3. The second-order valence-electron chi connectivity index (χ2n) is 7.35. The van der Waals surface area contributed by atoms with Crippen molar-refractivity contribution in [2.75, 3.05) is 32.2 Å². The van der Waals surface area contributed by atoms with Crippen molar-refractivity contribution in [1.82, 2.24) is 20.2 Å². The van der Waals surface area contributed by atoms with Crippen LogP contribution in [-0.2, 0) is 5.60 Å². The fourth-order valence-corrected chi connectivity index (χ4v) is 3.67. The highest BCUT2D eigenvalue weighted by Crippen LogP contribution is 2.37. The van der Waals surface area contributed by atoms with Gasteiger partial charge in [-0.2, -0.15) is 4.68 Å². The minimum absolute atomic E-state index is 0.546. The Hall–Kier alpha value is -3.13. The molecule has 1 aromatic heterocycles. The molecule has 0 bridgehead atoms. The van der Waals surface area contributed by atoms with Gasteiger partial charge in [0, 0.05) is 19.2 Å². The summed E-state index contributed by atoms with van der Waals surface area (Å²) < 4.78 is 12.4. The van der Waals surface area contributed by atoms with E-state index in [9.17, 15) is 5.11 Å². The third kappa shape index (κ3) is 3.75. The van der Waals surface area contributed by atoms with Gasteiger partial charge in [0.25, 0.3) is 0 Å². The van der Waals surface area contributed by atoms with Crippen LogP contribution in [0.3, 0.4) is 0 Å². The maximum atomic E-state index is 11.3. The Morgan fingerprint density at radius 2 is 1.59 bits per heavy atom. The number of hydrogen-bond acceptors (Lipinski definition) is 7. The summed E-state index contributed by atoms with van der Waals surface area (Å²) in [6, 6.07) is 13.6. The van der Waals surface area contributed by atoms with Gasteiger partial charge in [-0.05, 0) is 60.0 Å². The molecule has 2 aromatic carbocycles. The zero-order chi connectivity index (χ0) is 20.4. The van der Waals surface area contributed by atoms with Crippen molar-refractivity contribution < 1.29 is 14.6 Å². The van der Waals surface area contributed by atoms with Crippen LogP contribution in [0.25, 0.3) is 5.69 Å². The molecule has 1 fully saturated rings. The third-order valence-electron chi connectivity index (χ3n) is 5.49. The molecule has 1 saturated heterocycles. The lowest BCUT2D eigenvalue weighted by atomic mass is 9.84. The number of tetrazole rings is 1. The topological polar surface area (TPSA) is 85.5 Å². The standard InChI is InChI=1S/C21H25N5O3/c1-15-4-6-17(7-5-15)26-20(22-23-24-26)25-10-8-21(27,9-11-25)16-12-18(28-2)14-19(13-16)29-3/h4-7,12-14,27H,8-11H2,1-3H3. The molecule has 8 heteroatoms. The molecule has 0 atom stereocenters. The molecule has 0 radical (unpaired) electrons. The van der Waals surface area contributed by atoms with Gasteiger partial charge in [-0.1, -0.05) is 22.8 Å². The van der Waals surface area contributed by atoms with Gasteiger partial charge in [0.15, 0.2) is 0 Å². The zero-order valence-corrected chi connectivity index (χ0v) is 16.9. The van der Waals surface area contributed by atoms with Gasteiger partial charge in [-0.25, -0.2) is 0 Å². The molecule has 1 N–H and O–H groups in total. The van der Waals surface area contributed by atoms with Crippen molar-refractivity contribution in [3.63, 3.8) is 0 Å². The Morgan fingerprint density at radius 3 is 2.17 bits per heavy atom. The molecule has 0 unspecified atom stereocenters. The lowest BCUT2D eigenvalue weighted by molar-refractivity contribution is 0.0111. The van der Waals surface area contributed by atoms with E-state index >= 15 is 0 Å². The van der Waals surface area contributed by atoms with Crippen LogP contribution in [0.4, 0.5) is 5.95 Å². The quantitative estimate of drug-likeness (QED) is 0.710. The number of ether oxygens (including phenoxy) is 2. The van der Waals surface area contributed by atoms with Crippen molar-refractivity contribution in [3.8, 4) is 17.2 Å². The van der Waals surface area contributed by atoms with E-state index in [1.165, 1.54) is 5.56 Å². The average Bonchev–Trinajstić information content (AvgIpc) is 3.24. The highest BCUT2D eigenvalue weighted by Gasteiger charge is 2.36. The molecule has 0 aliphatic carbocycles. The first kappa shape index (κ1) is 19.2. The molecule has 0 spiro atoms. The molecule has 1 aliphatic rings. The largest absolute Gasteiger partial charge is 0.497 e. The summed E-state index contributed by atoms with van der Waals surface area (Å²) in [5.74, 6) is 2.01. The van der Waals surface area contributed by atoms with E-state index in [0.29, 0.717) is 43.4 Å². The van der Waals surface area contributed by atoms with E-state index in [-0.39, 0.29) is 0 Å². The second-order valence-corrected chi connectivity index (χ2v) is 7.35. The summed E-state index contributed by atoms with van der Waals surface area (Å²) in [7, 11) is 3.21. The summed E-state index contributed by atoms with van der Waals surface area (Å²) in [6.45, 7) is 3.30. The first-order chi connectivity index (χ1) is 14.0. The van der Waals surface area contributed by atoms with Gasteiger partial charge in [0.1, 0.15) is 11.5 Å². The SMILES string of the molecule is COc1cc(OC)cc(C2(O)CCN(c3nnnn3-c3ccc(C)cc3)CC2)c1. The molecule has 3 aromatic rings. The van der Waals surface area contributed by atoms with Gasteiger partial charge in [0.2, 0.25) is 5.95 Å². The van der Waals surface area contributed by atoms with Crippen LogP contribution in [0.2, 0.25) is 0 Å². The molecule has 152 valence electrons. The normalized spacial score (nSPS) is 15.9. The first-order valence-corrected chi connectivity index (χ1v) is 9.59. The minimum atomic E-state index is -0.958. The number of rotatable bonds is 5. The number of methoxy groups -OCH3 is 2. The van der Waals surface area contributed by atoms with Crippen LogP contribution in [0.5, 0.6) is 11.5 Å². The van der Waals surface area contributed by atoms with Gasteiger partial charge in [-0.3, -0.25) is 0 Å². The first-order valence-electron chi connectivity index (χ1n) is 9.59. The Labute approximate surface area is 169 Å². The van der Waals surface area contributed by atoms with E-state index in [1.807, 2.05) is 43.3 Å². The fourth-order valence-electron chi connectivity index (χ4n) is 3.67. The smallest absolute Gasteiger partial charge is 0.250 e. The van der Waals surface area contributed by atoms with Gasteiger partial charge < -0.3 is 19.5 Å². The lowest BCUT2D eigenvalue weighted by Gasteiger charge is -2.38. The van der Waals surface area contributed by atoms with Crippen LogP contribution in [0.15, 0.2) is 42.5 Å². The summed E-state index contributed by atoms with van der Waals surface area (Å²) in [5, 5.41) is 23.5. The summed E-state index contributed by atoms with van der Waals surface area (Å²) >= 11 is 0. The van der Waals surface area contributed by atoms with Gasteiger partial charge >= 0.3 is 0 Å². The molecule has 0 saturated carbocycles. The number of aryl methyl sites for hydroxylation is 1. The maximum Gasteiger partial charge on any atom is 0.250 e. The predicted octanol–water partition coefficient (Wildman–Crippen LogP) is 2.48. The number of nitrogens with zero attached hydrogens (tertiary/aromatic N) is 5. The number of aromatic nitrogens is 4. The van der Waals surface area contributed by atoms with Crippen molar-refractivity contribution >= 4 is 5.95 Å². The van der Waals surface area contributed by atoms with Crippen LogP contribution >= 0.6 is 0 Å². The Balaban J connectivity index is 1.55. The van der Waals surface area contributed by atoms with Crippen molar-refractivity contribution in [1.29, 1.82) is 0 Å². The third-order valence-corrected chi connectivity index (χ3v) is 5.49. The molecule has 1 aliphatic heterocycles. The predicted molar refractivity (Wildman–Crippen MR) is 109 cm³/mol. The monoisotopic (exact) mass is 395 g/mol. The van der Waals surface area contributed by atoms with Crippen LogP contribution in [0, 0.1) is 6.92 Å². The summed E-state index contributed by atoms with van der Waals surface area (Å²) in [6.07, 6.45) is 1.09. The zero-order valence-electron chi connectivity index (χ0n) is 16.9. The van der Waals surface area contributed by atoms with Crippen molar-refractivity contribution in [2.45, 2.75) is 25.4 Å². The van der Waals surface area contributed by atoms with Gasteiger partial charge in [0.05, 0.1) is 25.5 Å². The number of piperidine rings is 1. The number of hydrogen-bond donors (Lipinski definition) is 1. The second kappa shape index (κ2) is 7.71. The van der Waals surface area contributed by atoms with Crippen LogP contribution in [-0.4, -0.2) is 52.6 Å². The van der Waals surface area contributed by atoms with Crippen molar-refractivity contribution in [3.05, 3.63) is 53.6 Å². The molecular weight excluding hydrogens is 370 g/mol. The molecule has 29 heavy (non-hydrogen) atoms. The maximum absolute atomic E-state index is 11.3. The average molecular weight is 395 g/mol. The lowest BCUT2D eigenvalue weighted by Crippen LogP contribution is -2.43. The molecule has 8 nitrogen and oxygen atoms in total. The van der Waals surface area contributed by atoms with E-state index < -0.39 is 5.60 Å². The van der Waals surface area contributed by atoms with E-state index in [0.717, 1.165) is 11.3 Å². The Morgan fingerprint density at radius 1 is 0.966 bits per heavy atom. The number of benzene rings is 2. The molecule has 2 heterocycles. The fraction of sp³-hybridized carbons (Fsp3) is 0.381.